The molecule has 0 bridgehead atoms. The number of rotatable bonds is 7. The van der Waals surface area contributed by atoms with E-state index in [1.807, 2.05) is 0 Å². The van der Waals surface area contributed by atoms with Gasteiger partial charge in [0.2, 0.25) is 12.4 Å². The van der Waals surface area contributed by atoms with Crippen LogP contribution in [0.4, 0.5) is 0 Å². The van der Waals surface area contributed by atoms with Crippen LogP contribution in [0.2, 0.25) is 0 Å². The molecule has 4 rings (SSSR count). The van der Waals surface area contributed by atoms with Crippen LogP contribution in [0.25, 0.3) is 0 Å². The first-order valence-electron chi connectivity index (χ1n) is 11.4. The van der Waals surface area contributed by atoms with E-state index in [1.54, 1.807) is 97.9 Å². The minimum absolute atomic E-state index is 0.270. The lowest BCUT2D eigenvalue weighted by Crippen LogP contribution is -2.61. The normalized spacial score (nSPS) is 23.3. The van der Waals surface area contributed by atoms with Gasteiger partial charge in [-0.1, -0.05) is 54.6 Å². The van der Waals surface area contributed by atoms with Crippen molar-refractivity contribution in [3.8, 4) is 0 Å². The molecule has 0 radical (unpaired) electrons. The van der Waals surface area contributed by atoms with Gasteiger partial charge in [0.05, 0.1) is 22.8 Å². The molecule has 186 valence electrons. The molecular weight excluding hydrogens is 464 g/mol. The molecule has 1 aliphatic heterocycles. The fraction of sp³-hybridized carbons (Fsp3) is 0.250. The fourth-order valence-electron chi connectivity index (χ4n) is 3.93. The van der Waals surface area contributed by atoms with Crippen molar-refractivity contribution in [2.75, 3.05) is 7.11 Å². The van der Waals surface area contributed by atoms with E-state index in [2.05, 4.69) is 0 Å². The van der Waals surface area contributed by atoms with E-state index in [0.29, 0.717) is 5.56 Å². The zero-order valence-corrected chi connectivity index (χ0v) is 19.8. The van der Waals surface area contributed by atoms with Crippen LogP contribution in [0.3, 0.4) is 0 Å². The summed E-state index contributed by atoms with van der Waals surface area (Å²) in [5.41, 5.74) is 0.859. The lowest BCUT2D eigenvalue weighted by atomic mass is 9.98. The van der Waals surface area contributed by atoms with Gasteiger partial charge in [0, 0.05) is 7.11 Å². The van der Waals surface area contributed by atoms with Crippen LogP contribution in [0.15, 0.2) is 91.0 Å². The maximum absolute atomic E-state index is 13.0. The van der Waals surface area contributed by atoms with Gasteiger partial charge in [0.1, 0.15) is 6.10 Å². The van der Waals surface area contributed by atoms with Crippen LogP contribution in [-0.2, 0) is 23.7 Å². The van der Waals surface area contributed by atoms with Crippen LogP contribution >= 0.6 is 0 Å². The van der Waals surface area contributed by atoms with E-state index in [0.717, 1.165) is 0 Å². The predicted molar refractivity (Wildman–Crippen MR) is 128 cm³/mol. The first kappa shape index (κ1) is 25.1. The number of hydrogen-bond donors (Lipinski definition) is 0. The Morgan fingerprint density at radius 3 is 1.39 bits per heavy atom. The number of methoxy groups -OCH3 is 1. The predicted octanol–water partition coefficient (Wildman–Crippen LogP) is 4.05. The van der Waals surface area contributed by atoms with Crippen molar-refractivity contribution in [3.63, 3.8) is 0 Å². The van der Waals surface area contributed by atoms with Crippen LogP contribution in [0.5, 0.6) is 0 Å². The number of carbonyl (C=O) groups is 3. The highest BCUT2D eigenvalue weighted by molar-refractivity contribution is 5.91. The molecule has 0 aliphatic carbocycles. The molecule has 3 aromatic carbocycles. The molecule has 0 spiro atoms. The molecule has 3 aromatic rings. The minimum atomic E-state index is -1.36. The quantitative estimate of drug-likeness (QED) is 0.361. The van der Waals surface area contributed by atoms with E-state index in [4.69, 9.17) is 23.7 Å². The summed E-state index contributed by atoms with van der Waals surface area (Å²) < 4.78 is 28.7. The highest BCUT2D eigenvalue weighted by Gasteiger charge is 2.51. The zero-order valence-electron chi connectivity index (χ0n) is 19.8. The molecule has 1 heterocycles. The number of carbonyl (C=O) groups excluding carboxylic acids is 3. The average Bonchev–Trinajstić information content (AvgIpc) is 2.92. The molecule has 1 aliphatic rings. The van der Waals surface area contributed by atoms with E-state index in [9.17, 15) is 14.4 Å². The van der Waals surface area contributed by atoms with Crippen molar-refractivity contribution in [2.45, 2.75) is 37.6 Å². The maximum Gasteiger partial charge on any atom is 0.340 e. The minimum Gasteiger partial charge on any atom is -0.452 e. The molecule has 0 saturated carbocycles. The second-order valence-corrected chi connectivity index (χ2v) is 8.15. The number of benzene rings is 3. The monoisotopic (exact) mass is 490 g/mol. The van der Waals surface area contributed by atoms with Crippen molar-refractivity contribution >= 4 is 17.9 Å². The van der Waals surface area contributed by atoms with Gasteiger partial charge in [-0.2, -0.15) is 0 Å². The van der Waals surface area contributed by atoms with E-state index < -0.39 is 48.6 Å². The zero-order chi connectivity index (χ0) is 25.5. The van der Waals surface area contributed by atoms with Gasteiger partial charge < -0.3 is 23.7 Å². The summed E-state index contributed by atoms with van der Waals surface area (Å²) in [6, 6.07) is 25.0. The SMILES string of the molecule is CO[C@@H]1[C@@H](OC(=O)c2ccccc2)[C@@H](OC(=O)c2ccccc2)C(OC(=O)c2ccccc2)O[C@H]1C. The third kappa shape index (κ3) is 5.79. The Kier molecular flexibility index (Phi) is 8.10. The third-order valence-electron chi connectivity index (χ3n) is 5.74. The van der Waals surface area contributed by atoms with E-state index in [-0.39, 0.29) is 11.1 Å². The van der Waals surface area contributed by atoms with Crippen molar-refractivity contribution in [3.05, 3.63) is 108 Å². The average molecular weight is 491 g/mol. The molecule has 8 nitrogen and oxygen atoms in total. The summed E-state index contributed by atoms with van der Waals surface area (Å²) in [7, 11) is 1.43. The molecule has 0 aromatic heterocycles. The molecule has 0 N–H and O–H groups in total. The van der Waals surface area contributed by atoms with Crippen molar-refractivity contribution < 1.29 is 38.1 Å². The molecule has 8 heteroatoms. The van der Waals surface area contributed by atoms with Crippen LogP contribution < -0.4 is 0 Å². The molecule has 1 fully saturated rings. The lowest BCUT2D eigenvalue weighted by molar-refractivity contribution is -0.279. The third-order valence-corrected chi connectivity index (χ3v) is 5.74. The first-order valence-corrected chi connectivity index (χ1v) is 11.4. The summed E-state index contributed by atoms with van der Waals surface area (Å²) in [6.07, 6.45) is -5.27. The molecule has 36 heavy (non-hydrogen) atoms. The van der Waals surface area contributed by atoms with Gasteiger partial charge in [-0.3, -0.25) is 0 Å². The van der Waals surface area contributed by atoms with Crippen molar-refractivity contribution in [1.29, 1.82) is 0 Å². The van der Waals surface area contributed by atoms with E-state index >= 15 is 0 Å². The molecule has 1 unspecified atom stereocenters. The smallest absolute Gasteiger partial charge is 0.340 e. The topological polar surface area (TPSA) is 97.4 Å². The van der Waals surface area contributed by atoms with Crippen molar-refractivity contribution in [2.24, 2.45) is 0 Å². The van der Waals surface area contributed by atoms with Crippen LogP contribution in [-0.4, -0.2) is 55.7 Å². The van der Waals surface area contributed by atoms with E-state index in [1.165, 1.54) is 7.11 Å². The summed E-state index contributed by atoms with van der Waals surface area (Å²) in [6.45, 7) is 1.69. The van der Waals surface area contributed by atoms with Crippen LogP contribution in [0, 0.1) is 0 Å². The molecule has 1 saturated heterocycles. The largest absolute Gasteiger partial charge is 0.452 e. The molecular formula is C28H26O8. The summed E-state index contributed by atoms with van der Waals surface area (Å²) in [5.74, 6) is -2.03. The Morgan fingerprint density at radius 1 is 0.583 bits per heavy atom. The second-order valence-electron chi connectivity index (χ2n) is 8.15. The van der Waals surface area contributed by atoms with Crippen molar-refractivity contribution in [1.82, 2.24) is 0 Å². The summed E-state index contributed by atoms with van der Waals surface area (Å²) in [4.78, 5) is 38.8. The first-order chi connectivity index (χ1) is 17.5. The Balaban J connectivity index is 1.65. The highest BCUT2D eigenvalue weighted by Crippen LogP contribution is 2.30. The number of ether oxygens (including phenoxy) is 5. The summed E-state index contributed by atoms with van der Waals surface area (Å²) >= 11 is 0. The summed E-state index contributed by atoms with van der Waals surface area (Å²) in [5, 5.41) is 0. The Hall–Kier alpha value is -4.01. The van der Waals surface area contributed by atoms with Crippen LogP contribution in [0.1, 0.15) is 38.0 Å². The van der Waals surface area contributed by atoms with Gasteiger partial charge in [0.15, 0.2) is 6.10 Å². The Bertz CT molecular complexity index is 1170. The van der Waals surface area contributed by atoms with Gasteiger partial charge in [-0.15, -0.1) is 0 Å². The molecule has 0 amide bonds. The van der Waals surface area contributed by atoms with Gasteiger partial charge in [-0.05, 0) is 43.3 Å². The van der Waals surface area contributed by atoms with Gasteiger partial charge >= 0.3 is 17.9 Å². The highest BCUT2D eigenvalue weighted by atomic mass is 16.7. The molecule has 5 atom stereocenters. The standard InChI is InChI=1S/C28H26O8/c1-18-22(32-2)23(34-25(29)19-12-6-3-7-13-19)24(35-26(30)20-14-8-4-9-15-20)28(33-18)36-27(31)21-16-10-5-11-17-21/h3-18,22-24,28H,1-2H3/t18-,22-,23+,24+,28?/m0/s1. The fourth-order valence-corrected chi connectivity index (χ4v) is 3.93. The number of esters is 3. The second kappa shape index (κ2) is 11.6. The van der Waals surface area contributed by atoms with Gasteiger partial charge in [0.25, 0.3) is 0 Å². The Labute approximate surface area is 208 Å². The maximum atomic E-state index is 13.0. The Morgan fingerprint density at radius 2 is 0.972 bits per heavy atom. The lowest BCUT2D eigenvalue weighted by Gasteiger charge is -2.43. The van der Waals surface area contributed by atoms with Gasteiger partial charge in [-0.25, -0.2) is 14.4 Å². The number of hydrogen-bond acceptors (Lipinski definition) is 8.